The lowest BCUT2D eigenvalue weighted by Crippen LogP contribution is -2.33. The van der Waals surface area contributed by atoms with Crippen LogP contribution in [0.1, 0.15) is 26.7 Å². The predicted octanol–water partition coefficient (Wildman–Crippen LogP) is 6.53. The number of nitrogens with zero attached hydrogens (tertiary/aromatic N) is 3. The van der Waals surface area contributed by atoms with E-state index in [0.717, 1.165) is 60.1 Å². The molecule has 0 aliphatic carbocycles. The highest BCUT2D eigenvalue weighted by Crippen LogP contribution is 2.28. The second-order valence-corrected chi connectivity index (χ2v) is 9.65. The van der Waals surface area contributed by atoms with Gasteiger partial charge in [-0.15, -0.1) is 0 Å². The van der Waals surface area contributed by atoms with E-state index in [9.17, 15) is 4.79 Å². The molecule has 172 valence electrons. The van der Waals surface area contributed by atoms with Crippen LogP contribution in [0.15, 0.2) is 73.1 Å². The number of urea groups is 1. The van der Waals surface area contributed by atoms with Gasteiger partial charge in [0.05, 0.1) is 6.61 Å². The molecule has 0 saturated carbocycles. The predicted molar refractivity (Wildman–Crippen MR) is 134 cm³/mol. The third-order valence-electron chi connectivity index (χ3n) is 6.01. The summed E-state index contributed by atoms with van der Waals surface area (Å²) in [5.74, 6) is 0.864. The fraction of sp³-hybridized carbons (Fsp3) is 0.333. The standard InChI is InChI=1S/C27H30ClN3O2/c1-27(2,14-3-17-30-18-19-31(26(30)32)24-12-15-29-16-13-24)20-33-25-10-6-22(7-11-25)21-4-8-23(28)9-5-21/h4-13,15-16H,3,14,17-20H2,1-2H3. The van der Waals surface area contributed by atoms with Crippen molar-refractivity contribution in [3.8, 4) is 16.9 Å². The number of pyridine rings is 1. The van der Waals surface area contributed by atoms with E-state index >= 15 is 0 Å². The molecule has 0 N–H and O–H groups in total. The minimum atomic E-state index is 0.0163. The SMILES string of the molecule is CC(C)(CCCN1CCN(c2ccncc2)C1=O)COc1ccc(-c2ccc(Cl)cc2)cc1. The van der Waals surface area contributed by atoms with Gasteiger partial charge in [-0.2, -0.15) is 0 Å². The zero-order chi connectivity index (χ0) is 23.3. The van der Waals surface area contributed by atoms with E-state index < -0.39 is 0 Å². The van der Waals surface area contributed by atoms with Crippen molar-refractivity contribution in [3.05, 3.63) is 78.1 Å². The molecule has 0 unspecified atom stereocenters. The van der Waals surface area contributed by atoms with Gasteiger partial charge >= 0.3 is 6.03 Å². The van der Waals surface area contributed by atoms with Gasteiger partial charge in [-0.25, -0.2) is 4.79 Å². The molecule has 2 amide bonds. The number of hydrogen-bond donors (Lipinski definition) is 0. The normalized spacial score (nSPS) is 14.1. The first-order valence-corrected chi connectivity index (χ1v) is 11.7. The van der Waals surface area contributed by atoms with Gasteiger partial charge in [-0.05, 0) is 65.8 Å². The second kappa shape index (κ2) is 10.3. The maximum absolute atomic E-state index is 12.7. The van der Waals surface area contributed by atoms with Crippen molar-refractivity contribution in [2.24, 2.45) is 5.41 Å². The Labute approximate surface area is 201 Å². The van der Waals surface area contributed by atoms with Gasteiger partial charge in [0.1, 0.15) is 5.75 Å². The van der Waals surface area contributed by atoms with Crippen molar-refractivity contribution >= 4 is 23.3 Å². The summed E-state index contributed by atoms with van der Waals surface area (Å²) in [6, 6.07) is 19.8. The van der Waals surface area contributed by atoms with E-state index in [2.05, 4.69) is 31.0 Å². The average molecular weight is 464 g/mol. The second-order valence-electron chi connectivity index (χ2n) is 9.21. The summed E-state index contributed by atoms with van der Waals surface area (Å²) in [5, 5.41) is 0.737. The summed E-state index contributed by atoms with van der Waals surface area (Å²) < 4.78 is 6.08. The lowest BCUT2D eigenvalue weighted by molar-refractivity contribution is 0.161. The number of rotatable bonds is 9. The molecule has 0 bridgehead atoms. The van der Waals surface area contributed by atoms with Crippen molar-refractivity contribution in [1.82, 2.24) is 9.88 Å². The van der Waals surface area contributed by atoms with Gasteiger partial charge in [-0.1, -0.05) is 49.7 Å². The molecule has 2 aromatic carbocycles. The Bertz CT molecular complexity index is 1050. The molecule has 0 atom stereocenters. The molecule has 5 nitrogen and oxygen atoms in total. The Morgan fingerprint density at radius 1 is 0.939 bits per heavy atom. The topological polar surface area (TPSA) is 45.7 Å². The fourth-order valence-electron chi connectivity index (χ4n) is 4.04. The van der Waals surface area contributed by atoms with Crippen LogP contribution in [0, 0.1) is 5.41 Å². The zero-order valence-electron chi connectivity index (χ0n) is 19.2. The highest BCUT2D eigenvalue weighted by Gasteiger charge is 2.29. The summed E-state index contributed by atoms with van der Waals surface area (Å²) in [6.45, 7) is 7.30. The molecule has 0 spiro atoms. The molecule has 4 rings (SSSR count). The number of benzene rings is 2. The van der Waals surface area contributed by atoms with Crippen LogP contribution in [0.4, 0.5) is 10.5 Å². The van der Waals surface area contributed by atoms with Gasteiger partial charge in [0.2, 0.25) is 0 Å². The van der Waals surface area contributed by atoms with E-state index in [1.54, 1.807) is 12.4 Å². The van der Waals surface area contributed by atoms with Crippen molar-refractivity contribution in [3.63, 3.8) is 0 Å². The molecule has 2 heterocycles. The van der Waals surface area contributed by atoms with Crippen LogP contribution in [-0.4, -0.2) is 42.2 Å². The number of carbonyl (C=O) groups is 1. The largest absolute Gasteiger partial charge is 0.493 e. The van der Waals surface area contributed by atoms with E-state index in [-0.39, 0.29) is 11.4 Å². The summed E-state index contributed by atoms with van der Waals surface area (Å²) >= 11 is 5.98. The molecule has 0 radical (unpaired) electrons. The maximum atomic E-state index is 12.7. The quantitative estimate of drug-likeness (QED) is 0.362. The Balaban J connectivity index is 1.22. The van der Waals surface area contributed by atoms with Crippen LogP contribution >= 0.6 is 11.6 Å². The molecule has 1 aliphatic heterocycles. The summed E-state index contributed by atoms with van der Waals surface area (Å²) in [5.41, 5.74) is 3.19. The molecule has 1 fully saturated rings. The number of aromatic nitrogens is 1. The first-order valence-electron chi connectivity index (χ1n) is 11.4. The number of amides is 2. The third kappa shape index (κ3) is 6.05. The van der Waals surface area contributed by atoms with Gasteiger partial charge in [0.25, 0.3) is 0 Å². The van der Waals surface area contributed by atoms with Gasteiger partial charge in [0.15, 0.2) is 0 Å². The summed E-state index contributed by atoms with van der Waals surface area (Å²) in [7, 11) is 0. The van der Waals surface area contributed by atoms with Crippen molar-refractivity contribution in [1.29, 1.82) is 0 Å². The average Bonchev–Trinajstić information content (AvgIpc) is 3.19. The lowest BCUT2D eigenvalue weighted by Gasteiger charge is -2.26. The van der Waals surface area contributed by atoms with Crippen LogP contribution in [0.3, 0.4) is 0 Å². The number of anilines is 1. The van der Waals surface area contributed by atoms with Crippen molar-refractivity contribution in [2.45, 2.75) is 26.7 Å². The van der Waals surface area contributed by atoms with Crippen LogP contribution in [0.2, 0.25) is 5.02 Å². The van der Waals surface area contributed by atoms with Gasteiger partial charge < -0.3 is 9.64 Å². The Morgan fingerprint density at radius 3 is 2.24 bits per heavy atom. The molecular weight excluding hydrogens is 434 g/mol. The van der Waals surface area contributed by atoms with Crippen molar-refractivity contribution < 1.29 is 9.53 Å². The minimum absolute atomic E-state index is 0.0163. The minimum Gasteiger partial charge on any atom is -0.493 e. The Kier molecular flexibility index (Phi) is 7.19. The fourth-order valence-corrected chi connectivity index (χ4v) is 4.16. The molecule has 3 aromatic rings. The summed E-state index contributed by atoms with van der Waals surface area (Å²) in [6.07, 6.45) is 5.37. The van der Waals surface area contributed by atoms with E-state index in [1.165, 1.54) is 0 Å². The van der Waals surface area contributed by atoms with Crippen LogP contribution < -0.4 is 9.64 Å². The monoisotopic (exact) mass is 463 g/mol. The number of halogens is 1. The molecule has 6 heteroatoms. The van der Waals surface area contributed by atoms with E-state index in [0.29, 0.717) is 6.61 Å². The maximum Gasteiger partial charge on any atom is 0.324 e. The summed E-state index contributed by atoms with van der Waals surface area (Å²) in [4.78, 5) is 20.5. The Morgan fingerprint density at radius 2 is 1.58 bits per heavy atom. The molecule has 33 heavy (non-hydrogen) atoms. The molecule has 1 saturated heterocycles. The van der Waals surface area contributed by atoms with Gasteiger partial charge in [0, 0.05) is 42.7 Å². The first kappa shape index (κ1) is 23.1. The van der Waals surface area contributed by atoms with Crippen LogP contribution in [0.25, 0.3) is 11.1 Å². The molecule has 1 aromatic heterocycles. The van der Waals surface area contributed by atoms with E-state index in [1.807, 2.05) is 58.3 Å². The van der Waals surface area contributed by atoms with Crippen LogP contribution in [0.5, 0.6) is 5.75 Å². The number of hydrogen-bond acceptors (Lipinski definition) is 3. The first-order chi connectivity index (χ1) is 15.9. The molecule has 1 aliphatic rings. The third-order valence-corrected chi connectivity index (χ3v) is 6.26. The highest BCUT2D eigenvalue weighted by atomic mass is 35.5. The van der Waals surface area contributed by atoms with Crippen LogP contribution in [-0.2, 0) is 0 Å². The number of carbonyl (C=O) groups excluding carboxylic acids is 1. The van der Waals surface area contributed by atoms with Crippen molar-refractivity contribution in [2.75, 3.05) is 31.1 Å². The highest BCUT2D eigenvalue weighted by molar-refractivity contribution is 6.30. The smallest absolute Gasteiger partial charge is 0.324 e. The zero-order valence-corrected chi connectivity index (χ0v) is 20.0. The van der Waals surface area contributed by atoms with E-state index in [4.69, 9.17) is 16.3 Å². The molecular formula is C27H30ClN3O2. The Hall–Kier alpha value is -3.05. The number of ether oxygens (including phenoxy) is 1. The lowest BCUT2D eigenvalue weighted by atomic mass is 9.89. The van der Waals surface area contributed by atoms with Gasteiger partial charge in [-0.3, -0.25) is 9.88 Å².